The van der Waals surface area contributed by atoms with Crippen LogP contribution < -0.4 is 10.2 Å². The zero-order valence-corrected chi connectivity index (χ0v) is 23.6. The second-order valence-electron chi connectivity index (χ2n) is 11.3. The predicted molar refractivity (Wildman–Crippen MR) is 152 cm³/mol. The Balaban J connectivity index is 1.33. The van der Waals surface area contributed by atoms with Crippen molar-refractivity contribution in [2.24, 2.45) is 0 Å². The Kier molecular flexibility index (Phi) is 7.38. The number of hydrogen-bond donors (Lipinski definition) is 1. The molecule has 1 unspecified atom stereocenters. The van der Waals surface area contributed by atoms with Gasteiger partial charge in [0, 0.05) is 49.8 Å². The number of nitrogens with one attached hydrogen (secondary N) is 1. The van der Waals surface area contributed by atoms with E-state index in [2.05, 4.69) is 29.0 Å². The fourth-order valence-electron chi connectivity index (χ4n) is 5.99. The van der Waals surface area contributed by atoms with Crippen LogP contribution in [0.4, 0.5) is 10.1 Å². The average Bonchev–Trinajstić information content (AvgIpc) is 3.19. The van der Waals surface area contributed by atoms with Crippen molar-refractivity contribution in [3.05, 3.63) is 93.5 Å². The fourth-order valence-corrected chi connectivity index (χ4v) is 6.23. The van der Waals surface area contributed by atoms with Crippen LogP contribution in [0.1, 0.15) is 76.6 Å². The standard InChI is InChI=1S/C31H34ClFN4O2/c1-19-5-8-25(33)27(28(19)32)29(38)35-26-18-31(2,3)24-7-6-20(17-23(24)26)30(39)36(4)21-11-15-37(16-12-21)22-9-13-34-14-10-22/h5-10,13-14,17,21,26H,11-12,15-16,18H2,1-4H3,(H,35,38). The summed E-state index contributed by atoms with van der Waals surface area (Å²) in [5, 5.41) is 3.11. The fraction of sp³-hybridized carbons (Fsp3) is 0.387. The molecular weight excluding hydrogens is 515 g/mol. The molecule has 1 saturated heterocycles. The van der Waals surface area contributed by atoms with Crippen LogP contribution in [0.5, 0.6) is 0 Å². The molecule has 204 valence electrons. The van der Waals surface area contributed by atoms with Gasteiger partial charge in [-0.05, 0) is 78.6 Å². The molecule has 1 aromatic heterocycles. The molecule has 39 heavy (non-hydrogen) atoms. The van der Waals surface area contributed by atoms with Crippen LogP contribution in [0, 0.1) is 12.7 Å². The molecular formula is C31H34ClFN4O2. The summed E-state index contributed by atoms with van der Waals surface area (Å²) in [5.74, 6) is -1.24. The maximum atomic E-state index is 14.6. The molecule has 0 radical (unpaired) electrons. The molecule has 2 heterocycles. The van der Waals surface area contributed by atoms with E-state index in [1.165, 1.54) is 6.07 Å². The van der Waals surface area contributed by atoms with Crippen LogP contribution in [0.2, 0.25) is 5.02 Å². The van der Waals surface area contributed by atoms with Crippen LogP contribution in [0.25, 0.3) is 0 Å². The molecule has 2 amide bonds. The van der Waals surface area contributed by atoms with Crippen molar-refractivity contribution in [2.75, 3.05) is 25.0 Å². The normalized spacial score (nSPS) is 18.5. The Morgan fingerprint density at radius 3 is 2.49 bits per heavy atom. The third-order valence-corrected chi connectivity index (χ3v) is 8.78. The smallest absolute Gasteiger partial charge is 0.256 e. The molecule has 0 spiro atoms. The SMILES string of the molecule is Cc1ccc(F)c(C(=O)NC2CC(C)(C)c3ccc(C(=O)N(C)C4CCN(c5ccncc5)CC4)cc32)c1Cl. The van der Waals surface area contributed by atoms with E-state index in [0.29, 0.717) is 17.5 Å². The van der Waals surface area contributed by atoms with Gasteiger partial charge < -0.3 is 15.1 Å². The minimum atomic E-state index is -0.652. The van der Waals surface area contributed by atoms with E-state index in [1.807, 2.05) is 42.3 Å². The summed E-state index contributed by atoms with van der Waals surface area (Å²) in [5.41, 5.74) is 3.99. The minimum Gasteiger partial charge on any atom is -0.371 e. The lowest BCUT2D eigenvalue weighted by Gasteiger charge is -2.38. The first-order valence-corrected chi connectivity index (χ1v) is 13.8. The summed E-state index contributed by atoms with van der Waals surface area (Å²) in [6.07, 6.45) is 6.00. The van der Waals surface area contributed by atoms with Gasteiger partial charge in [0.2, 0.25) is 0 Å². The van der Waals surface area contributed by atoms with Crippen molar-refractivity contribution in [2.45, 2.75) is 57.5 Å². The molecule has 0 bridgehead atoms. The van der Waals surface area contributed by atoms with Crippen molar-refractivity contribution in [1.29, 1.82) is 0 Å². The van der Waals surface area contributed by atoms with Crippen LogP contribution in [-0.4, -0.2) is 47.9 Å². The van der Waals surface area contributed by atoms with Crippen LogP contribution >= 0.6 is 11.6 Å². The molecule has 1 atom stereocenters. The lowest BCUT2D eigenvalue weighted by Crippen LogP contribution is -2.45. The number of fused-ring (bicyclic) bond motifs is 1. The average molecular weight is 549 g/mol. The molecule has 1 N–H and O–H groups in total. The molecule has 0 saturated carbocycles. The largest absolute Gasteiger partial charge is 0.371 e. The Morgan fingerprint density at radius 1 is 1.10 bits per heavy atom. The predicted octanol–water partition coefficient (Wildman–Crippen LogP) is 6.08. The van der Waals surface area contributed by atoms with Gasteiger partial charge in [0.25, 0.3) is 11.8 Å². The van der Waals surface area contributed by atoms with Crippen molar-refractivity contribution in [3.63, 3.8) is 0 Å². The van der Waals surface area contributed by atoms with Crippen molar-refractivity contribution in [3.8, 4) is 0 Å². The van der Waals surface area contributed by atoms with E-state index in [0.717, 1.165) is 42.7 Å². The molecule has 6 nitrogen and oxygen atoms in total. The van der Waals surface area contributed by atoms with Crippen LogP contribution in [0.3, 0.4) is 0 Å². The highest BCUT2D eigenvalue weighted by molar-refractivity contribution is 6.34. The topological polar surface area (TPSA) is 65.5 Å². The van der Waals surface area contributed by atoms with E-state index >= 15 is 0 Å². The highest BCUT2D eigenvalue weighted by atomic mass is 35.5. The summed E-state index contributed by atoms with van der Waals surface area (Å²) >= 11 is 6.30. The number of carbonyl (C=O) groups excluding carboxylic acids is 2. The van der Waals surface area contributed by atoms with Crippen molar-refractivity contribution in [1.82, 2.24) is 15.2 Å². The van der Waals surface area contributed by atoms with E-state index in [9.17, 15) is 14.0 Å². The van der Waals surface area contributed by atoms with Crippen LogP contribution in [0.15, 0.2) is 54.9 Å². The lowest BCUT2D eigenvalue weighted by molar-refractivity contribution is 0.0709. The Hall–Kier alpha value is -3.45. The lowest BCUT2D eigenvalue weighted by atomic mass is 9.86. The van der Waals surface area contributed by atoms with Crippen molar-refractivity contribution < 1.29 is 14.0 Å². The van der Waals surface area contributed by atoms with Gasteiger partial charge in [-0.1, -0.05) is 37.6 Å². The summed E-state index contributed by atoms with van der Waals surface area (Å²) in [7, 11) is 1.87. The Bertz CT molecular complexity index is 1400. The number of piperidine rings is 1. The molecule has 1 aliphatic carbocycles. The van der Waals surface area contributed by atoms with Gasteiger partial charge >= 0.3 is 0 Å². The number of aryl methyl sites for hydroxylation is 1. The first kappa shape index (κ1) is 27.1. The Morgan fingerprint density at radius 2 is 1.79 bits per heavy atom. The molecule has 3 aromatic rings. The first-order valence-electron chi connectivity index (χ1n) is 13.4. The minimum absolute atomic E-state index is 0.0392. The highest BCUT2D eigenvalue weighted by Gasteiger charge is 2.39. The number of aromatic nitrogens is 1. The third kappa shape index (κ3) is 5.24. The zero-order valence-electron chi connectivity index (χ0n) is 22.8. The van der Waals surface area contributed by atoms with Gasteiger partial charge in [0.05, 0.1) is 16.6 Å². The number of hydrogen-bond acceptors (Lipinski definition) is 4. The van der Waals surface area contributed by atoms with Crippen molar-refractivity contribution >= 4 is 29.1 Å². The highest BCUT2D eigenvalue weighted by Crippen LogP contribution is 2.45. The summed E-state index contributed by atoms with van der Waals surface area (Å²) in [6, 6.07) is 12.4. The quantitative estimate of drug-likeness (QED) is 0.420. The monoisotopic (exact) mass is 548 g/mol. The van der Waals surface area contributed by atoms with Gasteiger partial charge in [-0.2, -0.15) is 0 Å². The van der Waals surface area contributed by atoms with E-state index in [1.54, 1.807) is 25.4 Å². The van der Waals surface area contributed by atoms with E-state index in [4.69, 9.17) is 11.6 Å². The zero-order chi connectivity index (χ0) is 27.9. The molecule has 1 aliphatic heterocycles. The second kappa shape index (κ2) is 10.6. The number of anilines is 1. The summed E-state index contributed by atoms with van der Waals surface area (Å²) in [6.45, 7) is 7.71. The molecule has 2 aromatic carbocycles. The number of rotatable bonds is 5. The molecule has 8 heteroatoms. The number of amides is 2. The van der Waals surface area contributed by atoms with Gasteiger partial charge in [0.15, 0.2) is 0 Å². The maximum absolute atomic E-state index is 14.6. The van der Waals surface area contributed by atoms with E-state index < -0.39 is 11.7 Å². The van der Waals surface area contributed by atoms with Gasteiger partial charge in [-0.15, -0.1) is 0 Å². The summed E-state index contributed by atoms with van der Waals surface area (Å²) in [4.78, 5) is 35.0. The number of benzene rings is 2. The second-order valence-corrected chi connectivity index (χ2v) is 11.7. The number of carbonyl (C=O) groups is 2. The molecule has 2 aliphatic rings. The van der Waals surface area contributed by atoms with Crippen LogP contribution in [-0.2, 0) is 5.41 Å². The number of halogens is 2. The first-order chi connectivity index (χ1) is 18.6. The number of pyridine rings is 1. The van der Waals surface area contributed by atoms with Gasteiger partial charge in [0.1, 0.15) is 5.82 Å². The van der Waals surface area contributed by atoms with Gasteiger partial charge in [-0.25, -0.2) is 4.39 Å². The third-order valence-electron chi connectivity index (χ3n) is 8.29. The van der Waals surface area contributed by atoms with Gasteiger partial charge in [-0.3, -0.25) is 14.6 Å². The Labute approximate surface area is 234 Å². The molecule has 1 fully saturated rings. The maximum Gasteiger partial charge on any atom is 0.256 e. The molecule has 5 rings (SSSR count). The summed E-state index contributed by atoms with van der Waals surface area (Å²) < 4.78 is 14.6. The number of nitrogens with zero attached hydrogens (tertiary/aromatic N) is 3. The van der Waals surface area contributed by atoms with E-state index in [-0.39, 0.29) is 34.0 Å².